The van der Waals surface area contributed by atoms with E-state index < -0.39 is 6.36 Å². The second-order valence-electron chi connectivity index (χ2n) is 10.1. The van der Waals surface area contributed by atoms with Crippen LogP contribution in [0.1, 0.15) is 49.4 Å². The third-order valence-corrected chi connectivity index (χ3v) is 7.01. The first-order chi connectivity index (χ1) is 18.0. The molecule has 0 bridgehead atoms. The Morgan fingerprint density at radius 2 is 1.84 bits per heavy atom. The summed E-state index contributed by atoms with van der Waals surface area (Å²) in [6.45, 7) is 4.45. The molecule has 1 aromatic heterocycles. The number of halogens is 3. The Morgan fingerprint density at radius 3 is 2.55 bits per heavy atom. The fraction of sp³-hybridized carbons (Fsp3) is 0.310. The number of nitrogens with one attached hydrogen (secondary N) is 1. The number of anilines is 2. The Balaban J connectivity index is 1.55. The third kappa shape index (κ3) is 5.18. The predicted octanol–water partition coefficient (Wildman–Crippen LogP) is 7.05. The second-order valence-corrected chi connectivity index (χ2v) is 10.1. The van der Waals surface area contributed by atoms with Gasteiger partial charge in [-0.3, -0.25) is 4.79 Å². The van der Waals surface area contributed by atoms with Crippen molar-refractivity contribution in [2.24, 2.45) is 0 Å². The number of nitrogens with zero attached hydrogens (tertiary/aromatic N) is 2. The molecule has 0 amide bonds. The van der Waals surface area contributed by atoms with Gasteiger partial charge in [0.1, 0.15) is 5.75 Å². The van der Waals surface area contributed by atoms with E-state index in [1.165, 1.54) is 42.5 Å². The minimum atomic E-state index is -4.75. The minimum Gasteiger partial charge on any atom is -0.469 e. The number of imidazole rings is 1. The van der Waals surface area contributed by atoms with Crippen LogP contribution in [-0.2, 0) is 21.4 Å². The van der Waals surface area contributed by atoms with E-state index >= 15 is 0 Å². The van der Waals surface area contributed by atoms with Gasteiger partial charge in [-0.15, -0.1) is 13.2 Å². The van der Waals surface area contributed by atoms with Gasteiger partial charge in [-0.2, -0.15) is 0 Å². The average molecular weight is 524 g/mol. The molecule has 0 spiro atoms. The molecule has 0 unspecified atom stereocenters. The van der Waals surface area contributed by atoms with E-state index in [2.05, 4.69) is 40.6 Å². The number of ether oxygens (including phenoxy) is 2. The number of rotatable bonds is 7. The molecule has 1 N–H and O–H groups in total. The Bertz CT molecular complexity index is 1480. The highest BCUT2D eigenvalue weighted by Gasteiger charge is 2.39. The molecular formula is C29H28F3N3O3. The quantitative estimate of drug-likeness (QED) is 0.263. The molecule has 1 aliphatic rings. The number of alkyl halides is 3. The lowest BCUT2D eigenvalue weighted by atomic mass is 9.86. The molecule has 5 rings (SSSR count). The third-order valence-electron chi connectivity index (χ3n) is 7.01. The Kier molecular flexibility index (Phi) is 6.54. The lowest BCUT2D eigenvalue weighted by Gasteiger charge is -2.21. The number of carbonyl (C=O) groups excluding carboxylic acids is 1. The van der Waals surface area contributed by atoms with Crippen molar-refractivity contribution >= 4 is 28.6 Å². The van der Waals surface area contributed by atoms with Crippen molar-refractivity contribution in [1.29, 1.82) is 0 Å². The maximum Gasteiger partial charge on any atom is 0.573 e. The highest BCUT2D eigenvalue weighted by atomic mass is 19.4. The molecule has 0 saturated heterocycles. The maximum absolute atomic E-state index is 12.6. The van der Waals surface area contributed by atoms with Crippen LogP contribution in [-0.4, -0.2) is 29.0 Å². The zero-order chi connectivity index (χ0) is 27.1. The van der Waals surface area contributed by atoms with Crippen LogP contribution in [0.5, 0.6) is 5.75 Å². The van der Waals surface area contributed by atoms with E-state index in [0.717, 1.165) is 23.0 Å². The molecule has 6 nitrogen and oxygen atoms in total. The summed E-state index contributed by atoms with van der Waals surface area (Å²) < 4.78 is 48.7. The van der Waals surface area contributed by atoms with Gasteiger partial charge in [0.15, 0.2) is 0 Å². The topological polar surface area (TPSA) is 65.4 Å². The van der Waals surface area contributed by atoms with E-state index in [1.54, 1.807) is 0 Å². The monoisotopic (exact) mass is 523 g/mol. The van der Waals surface area contributed by atoms with Crippen LogP contribution >= 0.6 is 0 Å². The number of aryl methyl sites for hydroxylation is 1. The fourth-order valence-electron chi connectivity index (χ4n) is 5.26. The lowest BCUT2D eigenvalue weighted by molar-refractivity contribution is -0.274. The van der Waals surface area contributed by atoms with E-state index in [9.17, 15) is 18.0 Å². The molecule has 1 aliphatic carbocycles. The summed E-state index contributed by atoms with van der Waals surface area (Å²) in [6.07, 6.45) is -3.10. The van der Waals surface area contributed by atoms with Crippen molar-refractivity contribution in [1.82, 2.24) is 9.55 Å². The normalized spacial score (nSPS) is 16.3. The molecule has 0 fully saturated rings. The Hall–Kier alpha value is -4.01. The number of esters is 1. The lowest BCUT2D eigenvalue weighted by Crippen LogP contribution is -2.17. The number of carbonyl (C=O) groups is 1. The van der Waals surface area contributed by atoms with Crippen LogP contribution in [0.2, 0.25) is 0 Å². The minimum absolute atomic E-state index is 0.00227. The van der Waals surface area contributed by atoms with Crippen molar-refractivity contribution in [2.75, 3.05) is 12.4 Å². The summed E-state index contributed by atoms with van der Waals surface area (Å²) in [4.78, 5) is 16.5. The van der Waals surface area contributed by atoms with Crippen LogP contribution < -0.4 is 10.1 Å². The molecule has 9 heteroatoms. The fourth-order valence-corrected chi connectivity index (χ4v) is 5.26. The van der Waals surface area contributed by atoms with Gasteiger partial charge >= 0.3 is 12.3 Å². The maximum atomic E-state index is 12.6. The van der Waals surface area contributed by atoms with Crippen LogP contribution in [0.25, 0.3) is 11.0 Å². The largest absolute Gasteiger partial charge is 0.573 e. The number of benzene rings is 3. The van der Waals surface area contributed by atoms with Gasteiger partial charge in [0.2, 0.25) is 5.95 Å². The van der Waals surface area contributed by atoms with Crippen LogP contribution in [0.3, 0.4) is 0 Å². The van der Waals surface area contributed by atoms with Crippen molar-refractivity contribution in [3.05, 3.63) is 83.4 Å². The van der Waals surface area contributed by atoms with Crippen LogP contribution in [0.15, 0.2) is 66.7 Å². The number of hydrogen-bond donors (Lipinski definition) is 1. The molecule has 4 aromatic rings. The molecule has 1 atom stereocenters. The molecule has 0 aliphatic heterocycles. The highest BCUT2D eigenvalue weighted by molar-refractivity contribution is 5.81. The van der Waals surface area contributed by atoms with Crippen molar-refractivity contribution in [2.45, 2.75) is 50.9 Å². The van der Waals surface area contributed by atoms with Crippen molar-refractivity contribution in [3.63, 3.8) is 0 Å². The van der Waals surface area contributed by atoms with Gasteiger partial charge in [0, 0.05) is 12.1 Å². The summed E-state index contributed by atoms with van der Waals surface area (Å²) in [6, 6.07) is 19.9. The number of fused-ring (bicyclic) bond motifs is 2. The smallest absolute Gasteiger partial charge is 0.469 e. The summed E-state index contributed by atoms with van der Waals surface area (Å²) in [5.74, 6) is 0.00565. The predicted molar refractivity (Wildman–Crippen MR) is 139 cm³/mol. The van der Waals surface area contributed by atoms with Gasteiger partial charge < -0.3 is 19.4 Å². The van der Waals surface area contributed by atoms with Gasteiger partial charge in [0.05, 0.1) is 24.2 Å². The first-order valence-corrected chi connectivity index (χ1v) is 12.3. The molecule has 198 valence electrons. The number of methoxy groups -OCH3 is 1. The first kappa shape index (κ1) is 25.6. The van der Waals surface area contributed by atoms with Crippen LogP contribution in [0, 0.1) is 0 Å². The first-order valence-electron chi connectivity index (χ1n) is 12.3. The van der Waals surface area contributed by atoms with Crippen LogP contribution in [0.4, 0.5) is 24.8 Å². The SMILES string of the molecule is COC(=O)CCc1ccc2c(c1)nc(Nc1ccc(OC(F)(F)F)cc1)n2[C@@H]1CC(C)(C)c2ccccc21. The molecular weight excluding hydrogens is 495 g/mol. The summed E-state index contributed by atoms with van der Waals surface area (Å²) >= 11 is 0. The standard InChI is InChI=1S/C29H28F3N3O3/c1-28(2)17-25(21-6-4-5-7-22(21)28)35-24-14-8-18(9-15-26(36)37-3)16-23(24)34-27(35)33-19-10-12-20(13-11-19)38-29(30,31)32/h4-8,10-14,16,25H,9,15,17H2,1-3H3,(H,33,34)/t25-/m1/s1. The van der Waals surface area contributed by atoms with E-state index in [-0.39, 0.29) is 29.6 Å². The molecule has 3 aromatic carbocycles. The molecule has 1 heterocycles. The summed E-state index contributed by atoms with van der Waals surface area (Å²) in [7, 11) is 1.37. The molecule has 0 radical (unpaired) electrons. The van der Waals surface area contributed by atoms with Gasteiger partial charge in [-0.25, -0.2) is 4.98 Å². The summed E-state index contributed by atoms with van der Waals surface area (Å²) in [5.41, 5.74) is 5.65. The van der Waals surface area contributed by atoms with Gasteiger partial charge in [-0.1, -0.05) is 44.2 Å². The second kappa shape index (κ2) is 9.70. The van der Waals surface area contributed by atoms with Crippen molar-refractivity contribution < 1.29 is 27.4 Å². The molecule has 38 heavy (non-hydrogen) atoms. The number of aromatic nitrogens is 2. The van der Waals surface area contributed by atoms with Gasteiger partial charge in [0.25, 0.3) is 0 Å². The highest BCUT2D eigenvalue weighted by Crippen LogP contribution is 2.48. The van der Waals surface area contributed by atoms with E-state index in [4.69, 9.17) is 9.72 Å². The van der Waals surface area contributed by atoms with Crippen molar-refractivity contribution in [3.8, 4) is 5.75 Å². The zero-order valence-corrected chi connectivity index (χ0v) is 21.3. The zero-order valence-electron chi connectivity index (χ0n) is 21.3. The van der Waals surface area contributed by atoms with E-state index in [1.807, 2.05) is 30.3 Å². The van der Waals surface area contributed by atoms with E-state index in [0.29, 0.717) is 18.1 Å². The number of hydrogen-bond acceptors (Lipinski definition) is 5. The van der Waals surface area contributed by atoms with Gasteiger partial charge in [-0.05, 0) is 71.3 Å². The Labute approximate surface area is 218 Å². The molecule has 0 saturated carbocycles. The average Bonchev–Trinajstić information content (AvgIpc) is 3.36. The summed E-state index contributed by atoms with van der Waals surface area (Å²) in [5, 5.41) is 3.31. The Morgan fingerprint density at radius 1 is 1.11 bits per heavy atom.